The average molecular weight is 288 g/mol. The molecule has 1 aromatic rings. The van der Waals surface area contributed by atoms with Crippen molar-refractivity contribution in [3.63, 3.8) is 0 Å². The Morgan fingerprint density at radius 3 is 2.67 bits per heavy atom. The number of amides is 2. The van der Waals surface area contributed by atoms with E-state index in [0.29, 0.717) is 12.1 Å². The highest BCUT2D eigenvalue weighted by atomic mass is 16.4. The lowest BCUT2D eigenvalue weighted by Crippen LogP contribution is -2.42. The topological polar surface area (TPSA) is 77.9 Å². The number of aliphatic carboxylic acids is 1. The molecule has 2 aliphatic rings. The number of hydrogen-bond acceptors (Lipinski definition) is 4. The maximum atomic E-state index is 12.3. The number of carbonyl (C=O) groups excluding carboxylic acids is 2. The van der Waals surface area contributed by atoms with E-state index in [4.69, 9.17) is 0 Å². The first-order valence-corrected chi connectivity index (χ1v) is 6.97. The Morgan fingerprint density at radius 2 is 2.05 bits per heavy atom. The molecule has 6 nitrogen and oxygen atoms in total. The number of hydrogen-bond donors (Lipinski definition) is 1. The molecule has 0 bridgehead atoms. The zero-order valence-electron chi connectivity index (χ0n) is 11.7. The van der Waals surface area contributed by atoms with Gasteiger partial charge in [-0.3, -0.25) is 19.3 Å². The fourth-order valence-electron chi connectivity index (χ4n) is 3.18. The zero-order valence-corrected chi connectivity index (χ0v) is 11.7. The van der Waals surface area contributed by atoms with Gasteiger partial charge >= 0.3 is 5.97 Å². The van der Waals surface area contributed by atoms with Crippen LogP contribution in [0.15, 0.2) is 24.3 Å². The van der Waals surface area contributed by atoms with Crippen LogP contribution in [-0.4, -0.2) is 46.9 Å². The molecule has 0 spiro atoms. The second kappa shape index (κ2) is 4.87. The predicted molar refractivity (Wildman–Crippen MR) is 75.0 cm³/mol. The molecule has 1 fully saturated rings. The molecule has 1 aromatic carbocycles. The van der Waals surface area contributed by atoms with Crippen LogP contribution in [0.5, 0.6) is 0 Å². The largest absolute Gasteiger partial charge is 0.481 e. The normalized spacial score (nSPS) is 24.6. The maximum Gasteiger partial charge on any atom is 0.312 e. The van der Waals surface area contributed by atoms with Crippen molar-refractivity contribution in [2.24, 2.45) is 0 Å². The van der Waals surface area contributed by atoms with Crippen LogP contribution in [0.3, 0.4) is 0 Å². The van der Waals surface area contributed by atoms with Crippen LogP contribution in [0.1, 0.15) is 24.8 Å². The third-order valence-corrected chi connectivity index (χ3v) is 4.21. The maximum absolute atomic E-state index is 12.3. The Labute approximate surface area is 122 Å². The molecule has 110 valence electrons. The molecule has 21 heavy (non-hydrogen) atoms. The van der Waals surface area contributed by atoms with Crippen molar-refractivity contribution in [2.45, 2.75) is 25.3 Å². The Morgan fingerprint density at radius 1 is 1.33 bits per heavy atom. The van der Waals surface area contributed by atoms with E-state index in [1.165, 1.54) is 4.90 Å². The Bertz CT molecular complexity index is 628. The molecule has 2 atom stereocenters. The van der Waals surface area contributed by atoms with Crippen LogP contribution < -0.4 is 4.90 Å². The lowest BCUT2D eigenvalue weighted by molar-refractivity contribution is -0.140. The molecule has 2 aliphatic heterocycles. The van der Waals surface area contributed by atoms with Crippen molar-refractivity contribution < 1.29 is 19.5 Å². The number of likely N-dealkylation sites (tertiary alicyclic amines) is 1. The lowest BCUT2D eigenvalue weighted by Gasteiger charge is -2.25. The van der Waals surface area contributed by atoms with Gasteiger partial charge in [-0.15, -0.1) is 0 Å². The summed E-state index contributed by atoms with van der Waals surface area (Å²) in [6.07, 6.45) is 0.118. The monoisotopic (exact) mass is 288 g/mol. The number of para-hydroxylation sites is 1. The van der Waals surface area contributed by atoms with Crippen LogP contribution in [0.2, 0.25) is 0 Å². The minimum Gasteiger partial charge on any atom is -0.481 e. The number of carboxylic acids is 1. The van der Waals surface area contributed by atoms with Crippen molar-refractivity contribution in [3.8, 4) is 0 Å². The van der Waals surface area contributed by atoms with E-state index in [0.717, 1.165) is 5.69 Å². The number of benzene rings is 1. The van der Waals surface area contributed by atoms with Gasteiger partial charge in [-0.25, -0.2) is 0 Å². The average Bonchev–Trinajstić information content (AvgIpc) is 2.97. The second-order valence-electron chi connectivity index (χ2n) is 5.30. The van der Waals surface area contributed by atoms with Crippen molar-refractivity contribution >= 4 is 23.5 Å². The fraction of sp³-hybridized carbons (Fsp3) is 0.400. The number of anilines is 1. The van der Waals surface area contributed by atoms with Gasteiger partial charge in [-0.1, -0.05) is 18.2 Å². The summed E-state index contributed by atoms with van der Waals surface area (Å²) in [6.45, 7) is 2.35. The summed E-state index contributed by atoms with van der Waals surface area (Å²) in [4.78, 5) is 38.6. The van der Waals surface area contributed by atoms with Gasteiger partial charge in [0.25, 0.3) is 5.91 Å². The molecule has 2 heterocycles. The molecule has 0 aromatic heterocycles. The summed E-state index contributed by atoms with van der Waals surface area (Å²) in [6, 6.07) is 6.60. The van der Waals surface area contributed by atoms with Crippen LogP contribution >= 0.6 is 0 Å². The number of imide groups is 1. The molecule has 1 N–H and O–H groups in total. The van der Waals surface area contributed by atoms with E-state index in [1.807, 2.05) is 12.1 Å². The van der Waals surface area contributed by atoms with E-state index in [2.05, 4.69) is 0 Å². The number of carbonyl (C=O) groups is 3. The number of fused-ring (bicyclic) bond motifs is 1. The van der Waals surface area contributed by atoms with E-state index in [1.54, 1.807) is 24.0 Å². The van der Waals surface area contributed by atoms with Gasteiger partial charge in [0, 0.05) is 18.8 Å². The molecule has 2 amide bonds. The van der Waals surface area contributed by atoms with Crippen LogP contribution in [0.4, 0.5) is 5.69 Å². The van der Waals surface area contributed by atoms with Gasteiger partial charge in [0.15, 0.2) is 0 Å². The van der Waals surface area contributed by atoms with Crippen molar-refractivity contribution in [1.82, 2.24) is 4.90 Å². The van der Waals surface area contributed by atoms with Crippen LogP contribution in [0, 0.1) is 0 Å². The number of nitrogens with zero attached hydrogens (tertiary/aromatic N) is 2. The quantitative estimate of drug-likeness (QED) is 0.833. The first-order valence-electron chi connectivity index (χ1n) is 6.97. The molecule has 0 saturated carbocycles. The molecule has 1 saturated heterocycles. The first kappa shape index (κ1) is 13.6. The summed E-state index contributed by atoms with van der Waals surface area (Å²) in [5, 5.41) is 9.35. The highest BCUT2D eigenvalue weighted by Crippen LogP contribution is 2.39. The number of rotatable bonds is 3. The van der Waals surface area contributed by atoms with E-state index >= 15 is 0 Å². The van der Waals surface area contributed by atoms with Crippen molar-refractivity contribution in [2.75, 3.05) is 18.0 Å². The predicted octanol–water partition coefficient (Wildman–Crippen LogP) is 0.822. The minimum absolute atomic E-state index is 0.118. The lowest BCUT2D eigenvalue weighted by atomic mass is 10.0. The standard InChI is InChI=1S/C15H16N2O4/c1-2-16-13(18)7-12(14(16)19)17-8-10(15(20)21)9-5-3-4-6-11(9)17/h3-6,10,12H,2,7-8H2,1H3,(H,20,21). The van der Waals surface area contributed by atoms with Gasteiger partial charge in [-0.2, -0.15) is 0 Å². The third-order valence-electron chi connectivity index (χ3n) is 4.21. The number of carboxylic acid groups (broad SMARTS) is 1. The molecule has 0 aliphatic carbocycles. The van der Waals surface area contributed by atoms with E-state index < -0.39 is 17.9 Å². The summed E-state index contributed by atoms with van der Waals surface area (Å²) >= 11 is 0. The number of likely N-dealkylation sites (N-methyl/N-ethyl adjacent to an activating group) is 1. The Balaban J connectivity index is 1.96. The molecular formula is C15H16N2O4. The van der Waals surface area contributed by atoms with E-state index in [-0.39, 0.29) is 24.8 Å². The van der Waals surface area contributed by atoms with Crippen LogP contribution in [-0.2, 0) is 14.4 Å². The SMILES string of the molecule is CCN1C(=O)CC(N2CC(C(=O)O)c3ccccc32)C1=O. The summed E-state index contributed by atoms with van der Waals surface area (Å²) < 4.78 is 0. The first-order chi connectivity index (χ1) is 10.0. The smallest absolute Gasteiger partial charge is 0.312 e. The minimum atomic E-state index is -0.908. The van der Waals surface area contributed by atoms with Crippen LogP contribution in [0.25, 0.3) is 0 Å². The Kier molecular flexibility index (Phi) is 3.16. The Hall–Kier alpha value is -2.37. The summed E-state index contributed by atoms with van der Waals surface area (Å²) in [7, 11) is 0. The fourth-order valence-corrected chi connectivity index (χ4v) is 3.18. The molecule has 2 unspecified atom stereocenters. The van der Waals surface area contributed by atoms with Gasteiger partial charge < -0.3 is 10.0 Å². The molecule has 0 radical (unpaired) electrons. The molecular weight excluding hydrogens is 272 g/mol. The highest BCUT2D eigenvalue weighted by Gasteiger charge is 2.45. The van der Waals surface area contributed by atoms with Crippen molar-refractivity contribution in [1.29, 1.82) is 0 Å². The summed E-state index contributed by atoms with van der Waals surface area (Å²) in [5.41, 5.74) is 1.45. The van der Waals surface area contributed by atoms with Gasteiger partial charge in [0.1, 0.15) is 12.0 Å². The van der Waals surface area contributed by atoms with Gasteiger partial charge in [0.05, 0.1) is 6.42 Å². The van der Waals surface area contributed by atoms with E-state index in [9.17, 15) is 19.5 Å². The molecule has 6 heteroatoms. The second-order valence-corrected chi connectivity index (χ2v) is 5.30. The van der Waals surface area contributed by atoms with Gasteiger partial charge in [-0.05, 0) is 18.6 Å². The molecule has 3 rings (SSSR count). The summed E-state index contributed by atoms with van der Waals surface area (Å²) in [5.74, 6) is -1.99. The highest BCUT2D eigenvalue weighted by molar-refractivity contribution is 6.07. The third kappa shape index (κ3) is 1.98. The zero-order chi connectivity index (χ0) is 15.1. The van der Waals surface area contributed by atoms with Gasteiger partial charge in [0.2, 0.25) is 5.91 Å². The van der Waals surface area contributed by atoms with Crippen molar-refractivity contribution in [3.05, 3.63) is 29.8 Å².